The topological polar surface area (TPSA) is 78.9 Å². The standard InChI is InChI=1S/C15H21N5O/c1-10-13(4-3-5-14(10)16)15-17-18-19-20(15)11(2)12-6-8-21-9-7-12/h3-5,11-12H,6-9,16H2,1-2H3. The predicted octanol–water partition coefficient (Wildman–Crippen LogP) is 2.22. The fourth-order valence-electron chi connectivity index (χ4n) is 2.94. The van der Waals surface area contributed by atoms with Crippen molar-refractivity contribution < 1.29 is 4.74 Å². The quantitative estimate of drug-likeness (QED) is 0.876. The Hall–Kier alpha value is -1.95. The summed E-state index contributed by atoms with van der Waals surface area (Å²) in [4.78, 5) is 0. The van der Waals surface area contributed by atoms with E-state index in [1.54, 1.807) is 0 Å². The Bertz CT molecular complexity index is 618. The third-order valence-corrected chi connectivity index (χ3v) is 4.44. The van der Waals surface area contributed by atoms with Crippen LogP contribution in [-0.2, 0) is 4.74 Å². The van der Waals surface area contributed by atoms with Gasteiger partial charge in [-0.25, -0.2) is 4.68 Å². The molecule has 2 N–H and O–H groups in total. The number of ether oxygens (including phenoxy) is 1. The van der Waals surface area contributed by atoms with Crippen molar-refractivity contribution in [2.75, 3.05) is 18.9 Å². The third-order valence-electron chi connectivity index (χ3n) is 4.44. The fraction of sp³-hybridized carbons (Fsp3) is 0.533. The maximum absolute atomic E-state index is 6.00. The number of hydrogen-bond donors (Lipinski definition) is 1. The van der Waals surface area contributed by atoms with Gasteiger partial charge in [0.25, 0.3) is 0 Å². The van der Waals surface area contributed by atoms with Crippen molar-refractivity contribution in [2.45, 2.75) is 32.7 Å². The molecule has 0 spiro atoms. The van der Waals surface area contributed by atoms with Crippen molar-refractivity contribution >= 4 is 5.69 Å². The molecule has 21 heavy (non-hydrogen) atoms. The van der Waals surface area contributed by atoms with Crippen LogP contribution in [0.15, 0.2) is 18.2 Å². The maximum Gasteiger partial charge on any atom is 0.182 e. The number of benzene rings is 1. The monoisotopic (exact) mass is 287 g/mol. The predicted molar refractivity (Wildman–Crippen MR) is 80.7 cm³/mol. The lowest BCUT2D eigenvalue weighted by Crippen LogP contribution is -2.25. The van der Waals surface area contributed by atoms with Crippen LogP contribution in [0.5, 0.6) is 0 Å². The molecule has 1 aliphatic rings. The highest BCUT2D eigenvalue weighted by Gasteiger charge is 2.25. The Morgan fingerprint density at radius 1 is 1.33 bits per heavy atom. The van der Waals surface area contributed by atoms with Crippen molar-refractivity contribution in [1.82, 2.24) is 20.2 Å². The number of nitrogens with zero attached hydrogens (tertiary/aromatic N) is 4. The molecule has 1 atom stereocenters. The van der Waals surface area contributed by atoms with Gasteiger partial charge in [-0.15, -0.1) is 5.10 Å². The van der Waals surface area contributed by atoms with E-state index in [-0.39, 0.29) is 6.04 Å². The molecule has 6 heteroatoms. The molecular formula is C15H21N5O. The summed E-state index contributed by atoms with van der Waals surface area (Å²) in [5, 5.41) is 12.3. The normalized spacial score (nSPS) is 17.8. The van der Waals surface area contributed by atoms with Crippen LogP contribution in [0.2, 0.25) is 0 Å². The largest absolute Gasteiger partial charge is 0.398 e. The van der Waals surface area contributed by atoms with Gasteiger partial charge in [-0.2, -0.15) is 0 Å². The summed E-state index contributed by atoms with van der Waals surface area (Å²) in [6.45, 7) is 5.83. The molecule has 0 aliphatic carbocycles. The molecule has 1 unspecified atom stereocenters. The first-order valence-electron chi connectivity index (χ1n) is 7.39. The molecule has 1 aromatic heterocycles. The zero-order chi connectivity index (χ0) is 14.8. The Kier molecular flexibility index (Phi) is 3.88. The van der Waals surface area contributed by atoms with Crippen LogP contribution < -0.4 is 5.73 Å². The van der Waals surface area contributed by atoms with E-state index >= 15 is 0 Å². The number of nitrogen functional groups attached to an aromatic ring is 1. The van der Waals surface area contributed by atoms with Crippen molar-refractivity contribution in [1.29, 1.82) is 0 Å². The SMILES string of the molecule is Cc1c(N)cccc1-c1nnnn1C(C)C1CCOCC1. The Morgan fingerprint density at radius 2 is 2.10 bits per heavy atom. The molecule has 6 nitrogen and oxygen atoms in total. The Labute approximate surface area is 124 Å². The molecule has 1 saturated heterocycles. The summed E-state index contributed by atoms with van der Waals surface area (Å²) in [5.74, 6) is 1.33. The van der Waals surface area contributed by atoms with E-state index in [0.29, 0.717) is 5.92 Å². The molecular weight excluding hydrogens is 266 g/mol. The lowest BCUT2D eigenvalue weighted by atomic mass is 9.93. The van der Waals surface area contributed by atoms with E-state index < -0.39 is 0 Å². The Balaban J connectivity index is 1.95. The highest BCUT2D eigenvalue weighted by molar-refractivity contribution is 5.67. The minimum Gasteiger partial charge on any atom is -0.398 e. The van der Waals surface area contributed by atoms with Gasteiger partial charge in [-0.3, -0.25) is 0 Å². The van der Waals surface area contributed by atoms with Gasteiger partial charge in [0.05, 0.1) is 6.04 Å². The Morgan fingerprint density at radius 3 is 2.86 bits per heavy atom. The van der Waals surface area contributed by atoms with Crippen LogP contribution in [0.3, 0.4) is 0 Å². The van der Waals surface area contributed by atoms with E-state index in [9.17, 15) is 0 Å². The van der Waals surface area contributed by atoms with Crippen molar-refractivity contribution in [3.05, 3.63) is 23.8 Å². The number of nitrogens with two attached hydrogens (primary N) is 1. The molecule has 1 aliphatic heterocycles. The molecule has 1 fully saturated rings. The lowest BCUT2D eigenvalue weighted by molar-refractivity contribution is 0.0495. The molecule has 0 bridgehead atoms. The van der Waals surface area contributed by atoms with Gasteiger partial charge in [0.2, 0.25) is 0 Å². The third kappa shape index (κ3) is 2.63. The fourth-order valence-corrected chi connectivity index (χ4v) is 2.94. The second kappa shape index (κ2) is 5.81. The van der Waals surface area contributed by atoms with Gasteiger partial charge in [0.1, 0.15) is 0 Å². The second-order valence-corrected chi connectivity index (χ2v) is 5.66. The van der Waals surface area contributed by atoms with Gasteiger partial charge in [0, 0.05) is 24.5 Å². The van der Waals surface area contributed by atoms with Crippen molar-refractivity contribution in [2.24, 2.45) is 5.92 Å². The zero-order valence-corrected chi connectivity index (χ0v) is 12.5. The molecule has 112 valence electrons. The van der Waals surface area contributed by atoms with Crippen molar-refractivity contribution in [3.63, 3.8) is 0 Å². The number of tetrazole rings is 1. The maximum atomic E-state index is 6.00. The van der Waals surface area contributed by atoms with Crippen LogP contribution in [-0.4, -0.2) is 33.4 Å². The highest BCUT2D eigenvalue weighted by Crippen LogP contribution is 2.31. The molecule has 0 amide bonds. The van der Waals surface area contributed by atoms with Crippen LogP contribution in [0.4, 0.5) is 5.69 Å². The number of rotatable bonds is 3. The lowest BCUT2D eigenvalue weighted by Gasteiger charge is -2.28. The first-order chi connectivity index (χ1) is 10.2. The molecule has 0 radical (unpaired) electrons. The van der Waals surface area contributed by atoms with Gasteiger partial charge in [-0.05, 0) is 54.7 Å². The van der Waals surface area contributed by atoms with Crippen LogP contribution in [0.25, 0.3) is 11.4 Å². The van der Waals surface area contributed by atoms with E-state index in [1.165, 1.54) is 0 Å². The van der Waals surface area contributed by atoms with Crippen LogP contribution >= 0.6 is 0 Å². The van der Waals surface area contributed by atoms with Crippen LogP contribution in [0.1, 0.15) is 31.4 Å². The van der Waals surface area contributed by atoms with Gasteiger partial charge in [-0.1, -0.05) is 12.1 Å². The molecule has 3 rings (SSSR count). The molecule has 1 aromatic carbocycles. The highest BCUT2D eigenvalue weighted by atomic mass is 16.5. The summed E-state index contributed by atoms with van der Waals surface area (Å²) in [5.41, 5.74) is 8.79. The summed E-state index contributed by atoms with van der Waals surface area (Å²) < 4.78 is 7.37. The summed E-state index contributed by atoms with van der Waals surface area (Å²) in [6.07, 6.45) is 2.10. The van der Waals surface area contributed by atoms with E-state index in [2.05, 4.69) is 22.4 Å². The molecule has 2 heterocycles. The molecule has 0 saturated carbocycles. The minimum atomic E-state index is 0.250. The van der Waals surface area contributed by atoms with Crippen molar-refractivity contribution in [3.8, 4) is 11.4 Å². The molecule has 2 aromatic rings. The van der Waals surface area contributed by atoms with E-state index in [0.717, 1.165) is 48.7 Å². The summed E-state index contributed by atoms with van der Waals surface area (Å²) >= 11 is 0. The van der Waals surface area contributed by atoms with E-state index in [1.807, 2.05) is 29.8 Å². The summed E-state index contributed by atoms with van der Waals surface area (Å²) in [7, 11) is 0. The van der Waals surface area contributed by atoms with Crippen LogP contribution in [0, 0.1) is 12.8 Å². The minimum absolute atomic E-state index is 0.250. The average Bonchev–Trinajstić information content (AvgIpc) is 2.99. The number of anilines is 1. The smallest absolute Gasteiger partial charge is 0.182 e. The van der Waals surface area contributed by atoms with E-state index in [4.69, 9.17) is 10.5 Å². The second-order valence-electron chi connectivity index (χ2n) is 5.66. The zero-order valence-electron chi connectivity index (χ0n) is 12.5. The number of aromatic nitrogens is 4. The van der Waals surface area contributed by atoms with Gasteiger partial charge >= 0.3 is 0 Å². The first-order valence-corrected chi connectivity index (χ1v) is 7.39. The van der Waals surface area contributed by atoms with Gasteiger partial charge in [0.15, 0.2) is 5.82 Å². The first kappa shape index (κ1) is 14.0. The number of hydrogen-bond acceptors (Lipinski definition) is 5. The van der Waals surface area contributed by atoms with Gasteiger partial charge < -0.3 is 10.5 Å². The summed E-state index contributed by atoms with van der Waals surface area (Å²) in [6, 6.07) is 6.11. The average molecular weight is 287 g/mol.